The fraction of sp³-hybridized carbons (Fsp3) is 0.211. The highest BCUT2D eigenvalue weighted by molar-refractivity contribution is 7.71. The zero-order valence-corrected chi connectivity index (χ0v) is 16.1. The Morgan fingerprint density at radius 2 is 1.89 bits per heavy atom. The minimum Gasteiger partial charge on any atom is -0.496 e. The topological polar surface area (TPSA) is 73.7 Å². The summed E-state index contributed by atoms with van der Waals surface area (Å²) >= 11 is 5.32. The Labute approximate surface area is 162 Å². The highest BCUT2D eigenvalue weighted by atomic mass is 32.1. The Hall–Kier alpha value is -3.13. The van der Waals surface area contributed by atoms with Crippen LogP contribution >= 0.6 is 12.2 Å². The Bertz CT molecular complexity index is 1010. The average Bonchev–Trinajstić information content (AvgIpc) is 3.07. The molecule has 0 unspecified atom stereocenters. The molecule has 1 aromatic heterocycles. The van der Waals surface area contributed by atoms with E-state index in [-0.39, 0.29) is 0 Å². The van der Waals surface area contributed by atoms with Crippen molar-refractivity contribution in [1.82, 2.24) is 14.9 Å². The second-order valence-electron chi connectivity index (χ2n) is 5.45. The lowest BCUT2D eigenvalue weighted by atomic mass is 10.2. The van der Waals surface area contributed by atoms with Gasteiger partial charge in [0, 0.05) is 0 Å². The van der Waals surface area contributed by atoms with Crippen LogP contribution in [0.3, 0.4) is 0 Å². The van der Waals surface area contributed by atoms with Crippen LogP contribution in [0.15, 0.2) is 47.6 Å². The van der Waals surface area contributed by atoms with E-state index in [1.165, 1.54) is 0 Å². The molecule has 0 saturated heterocycles. The van der Waals surface area contributed by atoms with Gasteiger partial charge in [0.05, 0.1) is 32.6 Å². The van der Waals surface area contributed by atoms with Crippen molar-refractivity contribution in [1.29, 1.82) is 0 Å². The molecular weight excluding hydrogens is 364 g/mol. The third kappa shape index (κ3) is 4.01. The number of aromatic nitrogens is 3. The van der Waals surface area contributed by atoms with Crippen LogP contribution in [0.25, 0.3) is 11.4 Å². The maximum Gasteiger partial charge on any atom is 0.216 e. The maximum atomic E-state index is 5.53. The Balaban J connectivity index is 1.97. The molecule has 2 aromatic carbocycles. The fourth-order valence-corrected chi connectivity index (χ4v) is 2.75. The second-order valence-corrected chi connectivity index (χ2v) is 5.84. The van der Waals surface area contributed by atoms with Crippen LogP contribution in [0.4, 0.5) is 0 Å². The van der Waals surface area contributed by atoms with Gasteiger partial charge in [0.1, 0.15) is 5.75 Å². The monoisotopic (exact) mass is 384 g/mol. The molecule has 3 rings (SSSR count). The minimum absolute atomic E-state index is 0.380. The number of para-hydroxylation sites is 1. The highest BCUT2D eigenvalue weighted by Crippen LogP contribution is 2.29. The number of hydrogen-bond acceptors (Lipinski definition) is 6. The van der Waals surface area contributed by atoms with Gasteiger partial charge in [-0.3, -0.25) is 0 Å². The maximum absolute atomic E-state index is 5.53. The highest BCUT2D eigenvalue weighted by Gasteiger charge is 2.13. The van der Waals surface area contributed by atoms with Gasteiger partial charge in [-0.05, 0) is 55.0 Å². The van der Waals surface area contributed by atoms with E-state index >= 15 is 0 Å². The molecule has 1 N–H and O–H groups in total. The van der Waals surface area contributed by atoms with Gasteiger partial charge in [-0.15, -0.1) is 0 Å². The number of rotatable bonds is 7. The zero-order chi connectivity index (χ0) is 19.2. The fourth-order valence-electron chi connectivity index (χ4n) is 2.57. The number of nitrogens with zero attached hydrogens (tertiary/aromatic N) is 3. The third-order valence-electron chi connectivity index (χ3n) is 3.81. The van der Waals surface area contributed by atoms with E-state index in [1.807, 2.05) is 49.4 Å². The number of methoxy groups -OCH3 is 2. The van der Waals surface area contributed by atoms with Crippen LogP contribution in [-0.2, 0) is 0 Å². The second kappa shape index (κ2) is 8.50. The van der Waals surface area contributed by atoms with Gasteiger partial charge in [0.25, 0.3) is 0 Å². The summed E-state index contributed by atoms with van der Waals surface area (Å²) in [4.78, 5) is 0. The van der Waals surface area contributed by atoms with Crippen molar-refractivity contribution in [2.24, 2.45) is 5.10 Å². The van der Waals surface area contributed by atoms with Crippen molar-refractivity contribution >= 4 is 18.4 Å². The van der Waals surface area contributed by atoms with Gasteiger partial charge in [-0.25, -0.2) is 5.10 Å². The smallest absolute Gasteiger partial charge is 0.216 e. The lowest BCUT2D eigenvalue weighted by molar-refractivity contribution is 0.311. The van der Waals surface area contributed by atoms with Crippen LogP contribution in [0.2, 0.25) is 0 Å². The number of hydrogen-bond donors (Lipinski definition) is 1. The first-order valence-corrected chi connectivity index (χ1v) is 8.74. The molecule has 0 aliphatic rings. The van der Waals surface area contributed by atoms with Crippen LogP contribution in [0, 0.1) is 4.77 Å². The van der Waals surface area contributed by atoms with E-state index in [1.54, 1.807) is 25.1 Å². The molecule has 0 aliphatic heterocycles. The lowest BCUT2D eigenvalue weighted by Gasteiger charge is -2.09. The van der Waals surface area contributed by atoms with Gasteiger partial charge in [-0.1, -0.05) is 12.1 Å². The number of H-pyrrole nitrogens is 1. The first-order valence-electron chi connectivity index (χ1n) is 8.34. The largest absolute Gasteiger partial charge is 0.496 e. The number of benzene rings is 2. The molecule has 27 heavy (non-hydrogen) atoms. The summed E-state index contributed by atoms with van der Waals surface area (Å²) in [5.74, 6) is 2.57. The summed E-state index contributed by atoms with van der Waals surface area (Å²) in [6.07, 6.45) is 1.68. The Kier molecular flexibility index (Phi) is 5.87. The summed E-state index contributed by atoms with van der Waals surface area (Å²) in [6.45, 7) is 2.49. The van der Waals surface area contributed by atoms with E-state index in [4.69, 9.17) is 26.4 Å². The molecule has 0 bridgehead atoms. The molecule has 0 amide bonds. The molecule has 0 aliphatic carbocycles. The molecule has 140 valence electrons. The van der Waals surface area contributed by atoms with Crippen molar-refractivity contribution in [2.75, 3.05) is 20.8 Å². The van der Waals surface area contributed by atoms with Crippen molar-refractivity contribution in [3.05, 3.63) is 52.8 Å². The number of nitrogens with one attached hydrogen (secondary N) is 1. The predicted molar refractivity (Wildman–Crippen MR) is 107 cm³/mol. The van der Waals surface area contributed by atoms with Crippen molar-refractivity contribution < 1.29 is 14.2 Å². The lowest BCUT2D eigenvalue weighted by Crippen LogP contribution is -1.98. The van der Waals surface area contributed by atoms with Gasteiger partial charge < -0.3 is 14.2 Å². The van der Waals surface area contributed by atoms with E-state index < -0.39 is 0 Å². The summed E-state index contributed by atoms with van der Waals surface area (Å²) < 4.78 is 18.2. The van der Waals surface area contributed by atoms with E-state index in [2.05, 4.69) is 15.3 Å². The van der Waals surface area contributed by atoms with Gasteiger partial charge in [0.15, 0.2) is 17.3 Å². The van der Waals surface area contributed by atoms with Crippen molar-refractivity contribution in [3.8, 4) is 28.6 Å². The quantitative estimate of drug-likeness (QED) is 0.494. The van der Waals surface area contributed by atoms with Crippen LogP contribution < -0.4 is 14.2 Å². The molecule has 0 atom stereocenters. The van der Waals surface area contributed by atoms with Crippen molar-refractivity contribution in [2.45, 2.75) is 6.92 Å². The molecule has 0 radical (unpaired) electrons. The van der Waals surface area contributed by atoms with Crippen LogP contribution in [0.1, 0.15) is 12.5 Å². The van der Waals surface area contributed by atoms with Gasteiger partial charge in [-0.2, -0.15) is 14.9 Å². The molecule has 0 saturated carbocycles. The van der Waals surface area contributed by atoms with E-state index in [0.29, 0.717) is 34.5 Å². The van der Waals surface area contributed by atoms with Crippen LogP contribution in [-0.4, -0.2) is 41.9 Å². The van der Waals surface area contributed by atoms with Crippen LogP contribution in [0.5, 0.6) is 17.2 Å². The summed E-state index contributed by atoms with van der Waals surface area (Å²) in [5, 5.41) is 11.5. The predicted octanol–water partition coefficient (Wildman–Crippen LogP) is 3.91. The van der Waals surface area contributed by atoms with E-state index in [9.17, 15) is 0 Å². The standard InChI is InChI=1S/C19H20N4O3S/c1-4-26-16-10-9-13(11-17(16)25-3)12-20-23-18(21-22-19(23)27)14-7-5-6-8-15(14)24-2/h5-12H,4H2,1-3H3,(H,22,27)/b20-12+. The summed E-state index contributed by atoms with van der Waals surface area (Å²) in [7, 11) is 3.21. The molecule has 1 heterocycles. The molecule has 0 fully saturated rings. The van der Waals surface area contributed by atoms with Gasteiger partial charge >= 0.3 is 0 Å². The average molecular weight is 384 g/mol. The molecule has 0 spiro atoms. The van der Waals surface area contributed by atoms with Gasteiger partial charge in [0.2, 0.25) is 4.77 Å². The first-order chi connectivity index (χ1) is 13.2. The Morgan fingerprint density at radius 3 is 2.63 bits per heavy atom. The summed E-state index contributed by atoms with van der Waals surface area (Å²) in [6, 6.07) is 13.1. The SMILES string of the molecule is CCOc1ccc(/C=N/n2c(-c3ccccc3OC)n[nH]c2=S)cc1OC. The summed E-state index contributed by atoms with van der Waals surface area (Å²) in [5.41, 5.74) is 1.62. The molecule has 7 nitrogen and oxygen atoms in total. The molecular formula is C19H20N4O3S. The van der Waals surface area contributed by atoms with E-state index in [0.717, 1.165) is 11.1 Å². The minimum atomic E-state index is 0.380. The Morgan fingerprint density at radius 1 is 1.11 bits per heavy atom. The first kappa shape index (κ1) is 18.7. The van der Waals surface area contributed by atoms with Crippen molar-refractivity contribution in [3.63, 3.8) is 0 Å². The number of ether oxygens (including phenoxy) is 3. The third-order valence-corrected chi connectivity index (χ3v) is 4.07. The molecule has 8 heteroatoms. The normalized spacial score (nSPS) is 10.9. The number of aromatic amines is 1. The zero-order valence-electron chi connectivity index (χ0n) is 15.3. The molecule has 3 aromatic rings.